The van der Waals surface area contributed by atoms with E-state index in [1.165, 1.54) is 7.11 Å². The molecule has 0 amide bonds. The Morgan fingerprint density at radius 2 is 2.27 bits per heavy atom. The minimum atomic E-state index is -2.88. The first-order chi connectivity index (χ1) is 6.97. The van der Waals surface area contributed by atoms with E-state index in [-0.39, 0.29) is 16.0 Å². The third-order valence-corrected chi connectivity index (χ3v) is 2.23. The first-order valence-electron chi connectivity index (χ1n) is 3.69. The number of hydrogen-bond donors (Lipinski definition) is 0. The quantitative estimate of drug-likeness (QED) is 0.636. The Bertz CT molecular complexity index is 400. The molecule has 0 aliphatic rings. The van der Waals surface area contributed by atoms with E-state index in [0.717, 1.165) is 6.07 Å². The second kappa shape index (κ2) is 4.85. The fraction of sp³-hybridized carbons (Fsp3) is 0.250. The molecular formula is C8H5BrClF2NO2. The van der Waals surface area contributed by atoms with E-state index >= 15 is 0 Å². The van der Waals surface area contributed by atoms with Crippen molar-refractivity contribution in [2.24, 2.45) is 0 Å². The zero-order valence-electron chi connectivity index (χ0n) is 7.43. The van der Waals surface area contributed by atoms with Crippen LogP contribution < -0.4 is 4.74 Å². The highest BCUT2D eigenvalue weighted by molar-refractivity contribution is 9.10. The van der Waals surface area contributed by atoms with E-state index in [4.69, 9.17) is 11.6 Å². The number of ether oxygens (including phenoxy) is 1. The maximum absolute atomic E-state index is 12.6. The van der Waals surface area contributed by atoms with Crippen LogP contribution in [0.4, 0.5) is 8.78 Å². The normalized spacial score (nSPS) is 10.5. The molecule has 15 heavy (non-hydrogen) atoms. The van der Waals surface area contributed by atoms with Crippen molar-refractivity contribution < 1.29 is 18.3 Å². The van der Waals surface area contributed by atoms with Crippen molar-refractivity contribution in [2.75, 3.05) is 7.11 Å². The number of nitrogens with zero attached hydrogens (tertiary/aromatic N) is 1. The van der Waals surface area contributed by atoms with E-state index in [1.54, 1.807) is 0 Å². The molecule has 0 fully saturated rings. The molecule has 1 aromatic rings. The third-order valence-electron chi connectivity index (χ3n) is 1.62. The highest BCUT2D eigenvalue weighted by Crippen LogP contribution is 2.33. The van der Waals surface area contributed by atoms with E-state index in [0.29, 0.717) is 0 Å². The lowest BCUT2D eigenvalue weighted by Crippen LogP contribution is -2.04. The van der Waals surface area contributed by atoms with E-state index in [9.17, 15) is 13.6 Å². The molecule has 0 saturated heterocycles. The minimum Gasteiger partial charge on any atom is -0.481 e. The summed E-state index contributed by atoms with van der Waals surface area (Å²) in [5.41, 5.74) is -0.911. The van der Waals surface area contributed by atoms with Gasteiger partial charge >= 0.3 is 0 Å². The number of aromatic nitrogens is 1. The first kappa shape index (κ1) is 12.3. The summed E-state index contributed by atoms with van der Waals surface area (Å²) in [6.45, 7) is 0. The Morgan fingerprint density at radius 3 is 2.67 bits per heavy atom. The lowest BCUT2D eigenvalue weighted by Gasteiger charge is -2.10. The van der Waals surface area contributed by atoms with Crippen molar-refractivity contribution in [1.29, 1.82) is 0 Å². The van der Waals surface area contributed by atoms with Gasteiger partial charge in [0.05, 0.1) is 18.2 Å². The molecule has 0 aromatic carbocycles. The number of methoxy groups -OCH3 is 1. The Labute approximate surface area is 97.5 Å². The summed E-state index contributed by atoms with van der Waals surface area (Å²) in [7, 11) is 1.18. The van der Waals surface area contributed by atoms with Gasteiger partial charge in [-0.25, -0.2) is 13.8 Å². The van der Waals surface area contributed by atoms with Crippen molar-refractivity contribution in [2.45, 2.75) is 6.43 Å². The van der Waals surface area contributed by atoms with Crippen molar-refractivity contribution in [3.8, 4) is 5.88 Å². The van der Waals surface area contributed by atoms with Crippen LogP contribution in [0.5, 0.6) is 5.88 Å². The van der Waals surface area contributed by atoms with Gasteiger partial charge < -0.3 is 4.74 Å². The Kier molecular flexibility index (Phi) is 3.98. The standard InChI is InChI=1S/C8H5BrClF2NO2/c1-15-8-5(7(11)12)3(6(10)14)2-4(9)13-8/h2,7H,1H3. The molecule has 1 rings (SSSR count). The minimum absolute atomic E-state index is 0.202. The average molecular weight is 300 g/mol. The molecule has 7 heteroatoms. The van der Waals surface area contributed by atoms with Crippen LogP contribution in [0.2, 0.25) is 0 Å². The number of alkyl halides is 2. The predicted octanol–water partition coefficient (Wildman–Crippen LogP) is 3.17. The largest absolute Gasteiger partial charge is 0.481 e. The summed E-state index contributed by atoms with van der Waals surface area (Å²) in [5, 5.41) is -0.980. The highest BCUT2D eigenvalue weighted by Gasteiger charge is 2.24. The summed E-state index contributed by atoms with van der Waals surface area (Å²) in [5.74, 6) is -0.316. The van der Waals surface area contributed by atoms with Gasteiger partial charge in [-0.2, -0.15) is 0 Å². The summed E-state index contributed by atoms with van der Waals surface area (Å²) >= 11 is 8.14. The fourth-order valence-corrected chi connectivity index (χ4v) is 1.58. The number of pyridine rings is 1. The van der Waals surface area contributed by atoms with E-state index < -0.39 is 17.2 Å². The van der Waals surface area contributed by atoms with Gasteiger partial charge in [0.15, 0.2) is 0 Å². The smallest absolute Gasteiger partial charge is 0.269 e. The van der Waals surface area contributed by atoms with Crippen LogP contribution >= 0.6 is 27.5 Å². The average Bonchev–Trinajstić information content (AvgIpc) is 2.15. The van der Waals surface area contributed by atoms with Gasteiger partial charge in [0.2, 0.25) is 5.88 Å². The summed E-state index contributed by atoms with van der Waals surface area (Å²) in [4.78, 5) is 14.6. The number of halogens is 4. The second-order valence-electron chi connectivity index (χ2n) is 2.49. The van der Waals surface area contributed by atoms with Gasteiger partial charge in [-0.1, -0.05) is 0 Å². The topological polar surface area (TPSA) is 39.2 Å². The number of carbonyl (C=O) groups excluding carboxylic acids is 1. The maximum Gasteiger partial charge on any atom is 0.269 e. The van der Waals surface area contributed by atoms with Crippen molar-refractivity contribution in [1.82, 2.24) is 4.98 Å². The zero-order valence-corrected chi connectivity index (χ0v) is 9.77. The molecule has 0 saturated carbocycles. The zero-order chi connectivity index (χ0) is 11.6. The maximum atomic E-state index is 12.6. The lowest BCUT2D eigenvalue weighted by molar-refractivity contribution is 0.106. The van der Waals surface area contributed by atoms with E-state index in [1.807, 2.05) is 0 Å². The Morgan fingerprint density at radius 1 is 1.67 bits per heavy atom. The van der Waals surface area contributed by atoms with Crippen molar-refractivity contribution in [3.63, 3.8) is 0 Å². The van der Waals surface area contributed by atoms with Crippen LogP contribution in [-0.2, 0) is 0 Å². The monoisotopic (exact) mass is 299 g/mol. The molecule has 82 valence electrons. The number of rotatable bonds is 3. The summed E-state index contributed by atoms with van der Waals surface area (Å²) in [6, 6.07) is 1.12. The lowest BCUT2D eigenvalue weighted by atomic mass is 10.1. The Balaban J connectivity index is 3.47. The molecule has 1 heterocycles. The third kappa shape index (κ3) is 2.63. The van der Waals surface area contributed by atoms with Gasteiger partial charge in [-0.3, -0.25) is 4.79 Å². The molecule has 0 aliphatic heterocycles. The predicted molar refractivity (Wildman–Crippen MR) is 53.6 cm³/mol. The van der Waals surface area contributed by atoms with E-state index in [2.05, 4.69) is 25.7 Å². The SMILES string of the molecule is COc1nc(Br)cc(C(=O)Cl)c1C(F)F. The van der Waals surface area contributed by atoms with Crippen LogP contribution in [0.1, 0.15) is 22.3 Å². The molecule has 0 atom stereocenters. The number of carbonyl (C=O) groups is 1. The van der Waals surface area contributed by atoms with Crippen LogP contribution in [-0.4, -0.2) is 17.3 Å². The summed E-state index contributed by atoms with van der Waals surface area (Å²) in [6.07, 6.45) is -2.88. The first-order valence-corrected chi connectivity index (χ1v) is 4.87. The molecule has 0 aliphatic carbocycles. The number of hydrogen-bond acceptors (Lipinski definition) is 3. The van der Waals surface area contributed by atoms with Gasteiger partial charge in [0, 0.05) is 0 Å². The fourth-order valence-electron chi connectivity index (χ4n) is 1.03. The molecule has 0 unspecified atom stereocenters. The molecule has 3 nitrogen and oxygen atoms in total. The second-order valence-corrected chi connectivity index (χ2v) is 3.65. The van der Waals surface area contributed by atoms with Crippen LogP contribution in [0, 0.1) is 0 Å². The highest BCUT2D eigenvalue weighted by atomic mass is 79.9. The molecular weight excluding hydrogens is 295 g/mol. The van der Waals surface area contributed by atoms with Gasteiger partial charge in [0.1, 0.15) is 4.60 Å². The van der Waals surface area contributed by atoms with Gasteiger partial charge in [-0.15, -0.1) is 0 Å². The van der Waals surface area contributed by atoms with Crippen LogP contribution in [0.25, 0.3) is 0 Å². The van der Waals surface area contributed by atoms with Crippen LogP contribution in [0.15, 0.2) is 10.7 Å². The summed E-state index contributed by atoms with van der Waals surface area (Å²) < 4.78 is 30.1. The van der Waals surface area contributed by atoms with Crippen LogP contribution in [0.3, 0.4) is 0 Å². The van der Waals surface area contributed by atoms with Crippen molar-refractivity contribution >= 4 is 32.8 Å². The molecule has 0 N–H and O–H groups in total. The van der Waals surface area contributed by atoms with Gasteiger partial charge in [0.25, 0.3) is 11.7 Å². The molecule has 0 spiro atoms. The molecule has 0 radical (unpaired) electrons. The van der Waals surface area contributed by atoms with Crippen molar-refractivity contribution in [3.05, 3.63) is 21.8 Å². The molecule has 0 bridgehead atoms. The molecule has 1 aromatic heterocycles. The Hall–Kier alpha value is -0.750. The van der Waals surface area contributed by atoms with Gasteiger partial charge in [-0.05, 0) is 33.6 Å².